The number of nitrogens with zero attached hydrogens (tertiary/aromatic N) is 3. The average Bonchev–Trinajstić information content (AvgIpc) is 3.09. The molecule has 0 atom stereocenters. The number of hydrogen-bond acceptors (Lipinski definition) is 5. The molecule has 0 aliphatic carbocycles. The van der Waals surface area contributed by atoms with E-state index in [4.69, 9.17) is 23.2 Å². The molecule has 0 saturated heterocycles. The van der Waals surface area contributed by atoms with E-state index in [1.165, 1.54) is 24.3 Å². The number of halogens is 4. The number of rotatable bonds is 7. The van der Waals surface area contributed by atoms with E-state index in [2.05, 4.69) is 20.7 Å². The predicted octanol–water partition coefficient (Wildman–Crippen LogP) is 5.14. The molecule has 0 unspecified atom stereocenters. The molecule has 2 N–H and O–H groups in total. The number of nitrogens with one attached hydrogen (secondary N) is 2. The Bertz CT molecular complexity index is 1000. The van der Waals surface area contributed by atoms with Gasteiger partial charge in [0, 0.05) is 40.7 Å². The van der Waals surface area contributed by atoms with E-state index in [0.717, 1.165) is 4.68 Å². The zero-order valence-electron chi connectivity index (χ0n) is 15.3. The Morgan fingerprint density at radius 2 is 1.55 bits per heavy atom. The topological polar surface area (TPSA) is 71.8 Å². The smallest absolute Gasteiger partial charge is 0.249 e. The van der Waals surface area contributed by atoms with Crippen LogP contribution < -0.4 is 10.6 Å². The summed E-state index contributed by atoms with van der Waals surface area (Å²) in [4.78, 5) is 16.4. The zero-order valence-corrected chi connectivity index (χ0v) is 16.9. The second kappa shape index (κ2) is 9.19. The number of anilines is 2. The Morgan fingerprint density at radius 3 is 2.07 bits per heavy atom. The highest BCUT2D eigenvalue weighted by atomic mass is 35.5. The first-order chi connectivity index (χ1) is 13.9. The monoisotopic (exact) mass is 439 g/mol. The van der Waals surface area contributed by atoms with Crippen LogP contribution in [0.2, 0.25) is 10.0 Å². The van der Waals surface area contributed by atoms with Crippen LogP contribution in [0.5, 0.6) is 0 Å². The van der Waals surface area contributed by atoms with Gasteiger partial charge in [-0.25, -0.2) is 8.78 Å². The van der Waals surface area contributed by atoms with Crippen molar-refractivity contribution in [3.8, 4) is 0 Å². The van der Waals surface area contributed by atoms with Gasteiger partial charge < -0.3 is 10.6 Å². The Labute approximate surface area is 175 Å². The standard InChI is InChI=1S/C19H17Cl2F2N5O/c1-2-17(29)28-19(25-10-12-14(21)6-4-8-16(12)23)26-18(27-28)24-9-11-13(20)5-3-7-15(11)22/h3-8H,2,9-10H2,1H3,(H2,24,25,26,27). The van der Waals surface area contributed by atoms with E-state index in [1.807, 2.05) is 0 Å². The van der Waals surface area contributed by atoms with Crippen molar-refractivity contribution in [1.82, 2.24) is 14.8 Å². The second-order valence-corrected chi connectivity index (χ2v) is 6.84. The summed E-state index contributed by atoms with van der Waals surface area (Å²) in [6.45, 7) is 1.70. The van der Waals surface area contributed by atoms with Gasteiger partial charge in [0.05, 0.1) is 0 Å². The highest BCUT2D eigenvalue weighted by molar-refractivity contribution is 6.31. The van der Waals surface area contributed by atoms with Gasteiger partial charge in [0.1, 0.15) is 11.6 Å². The fourth-order valence-corrected chi connectivity index (χ4v) is 3.02. The largest absolute Gasteiger partial charge is 0.350 e. The third-order valence-corrected chi connectivity index (χ3v) is 4.82. The molecular weight excluding hydrogens is 423 g/mol. The highest BCUT2D eigenvalue weighted by Crippen LogP contribution is 2.22. The van der Waals surface area contributed by atoms with Crippen molar-refractivity contribution < 1.29 is 13.6 Å². The summed E-state index contributed by atoms with van der Waals surface area (Å²) < 4.78 is 29.0. The Kier molecular flexibility index (Phi) is 6.66. The van der Waals surface area contributed by atoms with Crippen LogP contribution >= 0.6 is 23.2 Å². The quantitative estimate of drug-likeness (QED) is 0.533. The minimum absolute atomic E-state index is 0.000222. The highest BCUT2D eigenvalue weighted by Gasteiger charge is 2.17. The molecule has 0 fully saturated rings. The van der Waals surface area contributed by atoms with Crippen LogP contribution in [-0.2, 0) is 13.1 Å². The molecule has 1 heterocycles. The molecule has 0 amide bonds. The molecular formula is C19H17Cl2F2N5O. The summed E-state index contributed by atoms with van der Waals surface area (Å²) in [6, 6.07) is 8.72. The fraction of sp³-hybridized carbons (Fsp3) is 0.211. The summed E-state index contributed by atoms with van der Waals surface area (Å²) >= 11 is 12.0. The molecule has 3 aromatic rings. The number of hydrogen-bond donors (Lipinski definition) is 2. The Hall–Kier alpha value is -2.71. The van der Waals surface area contributed by atoms with E-state index in [-0.39, 0.29) is 58.5 Å². The lowest BCUT2D eigenvalue weighted by Crippen LogP contribution is -2.16. The van der Waals surface area contributed by atoms with Crippen molar-refractivity contribution in [2.45, 2.75) is 26.4 Å². The van der Waals surface area contributed by atoms with E-state index in [1.54, 1.807) is 19.1 Å². The summed E-state index contributed by atoms with van der Waals surface area (Å²) in [5, 5.41) is 10.3. The van der Waals surface area contributed by atoms with E-state index in [0.29, 0.717) is 0 Å². The Morgan fingerprint density at radius 1 is 1.00 bits per heavy atom. The normalized spacial score (nSPS) is 10.8. The van der Waals surface area contributed by atoms with Crippen molar-refractivity contribution in [2.75, 3.05) is 10.6 Å². The summed E-state index contributed by atoms with van der Waals surface area (Å²) in [5.41, 5.74) is 0.486. The van der Waals surface area contributed by atoms with Gasteiger partial charge in [0.2, 0.25) is 17.8 Å². The molecule has 0 aliphatic heterocycles. The van der Waals surface area contributed by atoms with Crippen LogP contribution in [0.3, 0.4) is 0 Å². The van der Waals surface area contributed by atoms with Gasteiger partial charge in [-0.2, -0.15) is 9.67 Å². The number of carbonyl (C=O) groups excluding carboxylic acids is 1. The lowest BCUT2D eigenvalue weighted by molar-refractivity contribution is 0.0895. The van der Waals surface area contributed by atoms with E-state index in [9.17, 15) is 13.6 Å². The molecule has 29 heavy (non-hydrogen) atoms. The molecule has 0 saturated carbocycles. The van der Waals surface area contributed by atoms with Crippen LogP contribution in [-0.4, -0.2) is 20.7 Å². The third kappa shape index (κ3) is 4.83. The minimum Gasteiger partial charge on any atom is -0.350 e. The third-order valence-electron chi connectivity index (χ3n) is 4.12. The first-order valence-electron chi connectivity index (χ1n) is 8.74. The first kappa shape index (κ1) is 21.0. The maximum absolute atomic E-state index is 14.0. The number of aromatic nitrogens is 3. The molecule has 3 rings (SSSR count). The predicted molar refractivity (Wildman–Crippen MR) is 108 cm³/mol. The fourth-order valence-electron chi connectivity index (χ4n) is 2.56. The van der Waals surface area contributed by atoms with Crippen molar-refractivity contribution in [2.24, 2.45) is 0 Å². The molecule has 0 spiro atoms. The SMILES string of the molecule is CCC(=O)n1nc(NCc2c(F)cccc2Cl)nc1NCc1c(F)cccc1Cl. The molecule has 152 valence electrons. The number of benzene rings is 2. The van der Waals surface area contributed by atoms with Crippen LogP contribution in [0.4, 0.5) is 20.7 Å². The van der Waals surface area contributed by atoms with Gasteiger partial charge in [0.25, 0.3) is 0 Å². The van der Waals surface area contributed by atoms with Crippen LogP contribution in [0.1, 0.15) is 29.3 Å². The van der Waals surface area contributed by atoms with Gasteiger partial charge in [0.15, 0.2) is 0 Å². The molecule has 6 nitrogen and oxygen atoms in total. The maximum atomic E-state index is 14.0. The summed E-state index contributed by atoms with van der Waals surface area (Å²) in [7, 11) is 0. The Balaban J connectivity index is 1.80. The molecule has 1 aromatic heterocycles. The van der Waals surface area contributed by atoms with Crippen molar-refractivity contribution in [3.05, 3.63) is 69.2 Å². The van der Waals surface area contributed by atoms with Crippen molar-refractivity contribution >= 4 is 41.0 Å². The van der Waals surface area contributed by atoms with Gasteiger partial charge in [-0.3, -0.25) is 4.79 Å². The summed E-state index contributed by atoms with van der Waals surface area (Å²) in [6.07, 6.45) is 0.178. The van der Waals surface area contributed by atoms with Gasteiger partial charge in [-0.05, 0) is 24.3 Å². The van der Waals surface area contributed by atoms with E-state index < -0.39 is 11.6 Å². The van der Waals surface area contributed by atoms with Crippen LogP contribution in [0.25, 0.3) is 0 Å². The molecule has 0 bridgehead atoms. The first-order valence-corrected chi connectivity index (χ1v) is 9.50. The molecule has 10 heteroatoms. The molecule has 0 radical (unpaired) electrons. The van der Waals surface area contributed by atoms with E-state index >= 15 is 0 Å². The van der Waals surface area contributed by atoms with Crippen LogP contribution in [0.15, 0.2) is 36.4 Å². The average molecular weight is 440 g/mol. The minimum atomic E-state index is -0.481. The summed E-state index contributed by atoms with van der Waals surface area (Å²) in [5.74, 6) is -1.07. The van der Waals surface area contributed by atoms with Gasteiger partial charge in [-0.1, -0.05) is 42.3 Å². The second-order valence-electron chi connectivity index (χ2n) is 6.03. The van der Waals surface area contributed by atoms with Crippen molar-refractivity contribution in [3.63, 3.8) is 0 Å². The van der Waals surface area contributed by atoms with Crippen molar-refractivity contribution in [1.29, 1.82) is 0 Å². The lowest BCUT2D eigenvalue weighted by Gasteiger charge is -2.08. The van der Waals surface area contributed by atoms with Gasteiger partial charge in [-0.15, -0.1) is 5.10 Å². The molecule has 0 aliphatic rings. The number of carbonyl (C=O) groups is 1. The lowest BCUT2D eigenvalue weighted by atomic mass is 10.2. The van der Waals surface area contributed by atoms with Crippen LogP contribution in [0, 0.1) is 11.6 Å². The zero-order chi connectivity index (χ0) is 21.0. The van der Waals surface area contributed by atoms with Gasteiger partial charge >= 0.3 is 0 Å². The maximum Gasteiger partial charge on any atom is 0.249 e. The molecule has 2 aromatic carbocycles.